The van der Waals surface area contributed by atoms with Gasteiger partial charge < -0.3 is 5.11 Å². The zero-order valence-electron chi connectivity index (χ0n) is 9.57. The Hall–Kier alpha value is -2.96. The standard InChI is InChI=1S/C12H8N4O3/c17-10-4-9(7-2-1-3-13-5-7)15-11-8(12(18)19)6-14-16(10)11/h1-6,14H,(H,18,19). The van der Waals surface area contributed by atoms with E-state index in [-0.39, 0.29) is 16.8 Å². The van der Waals surface area contributed by atoms with E-state index in [1.54, 1.807) is 24.5 Å². The van der Waals surface area contributed by atoms with Crippen molar-refractivity contribution in [3.8, 4) is 11.3 Å². The number of aromatic amines is 1. The molecule has 0 amide bonds. The largest absolute Gasteiger partial charge is 0.477 e. The highest BCUT2D eigenvalue weighted by Crippen LogP contribution is 2.15. The molecule has 0 fully saturated rings. The van der Waals surface area contributed by atoms with Crippen molar-refractivity contribution in [3.63, 3.8) is 0 Å². The molecule has 0 aromatic carbocycles. The van der Waals surface area contributed by atoms with E-state index >= 15 is 0 Å². The lowest BCUT2D eigenvalue weighted by Crippen LogP contribution is -2.15. The molecule has 3 rings (SSSR count). The molecule has 0 spiro atoms. The van der Waals surface area contributed by atoms with E-state index in [1.807, 2.05) is 0 Å². The number of aromatic carboxylic acids is 1. The number of nitrogens with one attached hydrogen (secondary N) is 1. The molecule has 0 bridgehead atoms. The molecule has 3 aromatic heterocycles. The monoisotopic (exact) mass is 256 g/mol. The number of pyridine rings is 1. The van der Waals surface area contributed by atoms with Crippen LogP contribution in [-0.4, -0.2) is 30.7 Å². The number of carboxylic acids is 1. The van der Waals surface area contributed by atoms with Gasteiger partial charge in [0.2, 0.25) is 0 Å². The second kappa shape index (κ2) is 4.05. The first-order valence-electron chi connectivity index (χ1n) is 5.42. The van der Waals surface area contributed by atoms with Crippen molar-refractivity contribution in [3.05, 3.63) is 52.7 Å². The summed E-state index contributed by atoms with van der Waals surface area (Å²) in [6.45, 7) is 0. The molecule has 3 heterocycles. The van der Waals surface area contributed by atoms with Crippen LogP contribution in [0.2, 0.25) is 0 Å². The average Bonchev–Trinajstić information content (AvgIpc) is 2.84. The van der Waals surface area contributed by atoms with Gasteiger partial charge in [-0.1, -0.05) is 0 Å². The minimum atomic E-state index is -1.14. The Balaban J connectivity index is 2.32. The Labute approximate surface area is 106 Å². The third kappa shape index (κ3) is 1.77. The quantitative estimate of drug-likeness (QED) is 0.705. The number of H-pyrrole nitrogens is 1. The van der Waals surface area contributed by atoms with Gasteiger partial charge in [-0.15, -0.1) is 0 Å². The number of aromatic nitrogens is 4. The van der Waals surface area contributed by atoms with Gasteiger partial charge in [-0.2, -0.15) is 0 Å². The third-order valence-electron chi connectivity index (χ3n) is 2.69. The maximum atomic E-state index is 11.9. The second-order valence-electron chi connectivity index (χ2n) is 3.87. The Morgan fingerprint density at radius 1 is 1.42 bits per heavy atom. The highest BCUT2D eigenvalue weighted by atomic mass is 16.4. The predicted octanol–water partition coefficient (Wildman–Crippen LogP) is 0.783. The van der Waals surface area contributed by atoms with E-state index in [0.717, 1.165) is 4.52 Å². The first-order chi connectivity index (χ1) is 9.16. The van der Waals surface area contributed by atoms with Crippen LogP contribution in [0, 0.1) is 0 Å². The van der Waals surface area contributed by atoms with Crippen LogP contribution >= 0.6 is 0 Å². The number of carboxylic acid groups (broad SMARTS) is 1. The molecule has 0 aliphatic rings. The third-order valence-corrected chi connectivity index (χ3v) is 2.69. The van der Waals surface area contributed by atoms with Crippen LogP contribution in [0.25, 0.3) is 16.9 Å². The second-order valence-corrected chi connectivity index (χ2v) is 3.87. The number of hydrogen-bond donors (Lipinski definition) is 2. The Bertz CT molecular complexity index is 820. The predicted molar refractivity (Wildman–Crippen MR) is 66.0 cm³/mol. The van der Waals surface area contributed by atoms with E-state index < -0.39 is 5.97 Å². The molecule has 0 saturated carbocycles. The van der Waals surface area contributed by atoms with E-state index in [9.17, 15) is 9.59 Å². The fraction of sp³-hybridized carbons (Fsp3) is 0. The van der Waals surface area contributed by atoms with Gasteiger partial charge in [0.25, 0.3) is 5.56 Å². The van der Waals surface area contributed by atoms with Crippen LogP contribution in [0.4, 0.5) is 0 Å². The van der Waals surface area contributed by atoms with Gasteiger partial charge >= 0.3 is 5.97 Å². The summed E-state index contributed by atoms with van der Waals surface area (Å²) in [5.41, 5.74) is 0.692. The molecule has 0 aliphatic heterocycles. The van der Waals surface area contributed by atoms with Crippen molar-refractivity contribution < 1.29 is 9.90 Å². The normalized spacial score (nSPS) is 10.7. The lowest BCUT2D eigenvalue weighted by atomic mass is 10.2. The molecular weight excluding hydrogens is 248 g/mol. The zero-order chi connectivity index (χ0) is 13.4. The van der Waals surface area contributed by atoms with Gasteiger partial charge in [0.1, 0.15) is 5.56 Å². The number of fused-ring (bicyclic) bond motifs is 1. The summed E-state index contributed by atoms with van der Waals surface area (Å²) in [6, 6.07) is 4.79. The van der Waals surface area contributed by atoms with Gasteiger partial charge in [0.05, 0.1) is 5.69 Å². The first kappa shape index (κ1) is 11.1. The topological polar surface area (TPSA) is 100 Å². The van der Waals surface area contributed by atoms with Gasteiger partial charge in [-0.05, 0) is 12.1 Å². The first-order valence-corrected chi connectivity index (χ1v) is 5.42. The number of carbonyl (C=O) groups is 1. The molecule has 0 atom stereocenters. The smallest absolute Gasteiger partial charge is 0.341 e. The minimum Gasteiger partial charge on any atom is -0.477 e. The van der Waals surface area contributed by atoms with Crippen molar-refractivity contribution in [2.75, 3.05) is 0 Å². The molecule has 0 radical (unpaired) electrons. The molecule has 7 heteroatoms. The summed E-state index contributed by atoms with van der Waals surface area (Å²) in [7, 11) is 0. The van der Waals surface area contributed by atoms with Gasteiger partial charge in [0, 0.05) is 30.2 Å². The fourth-order valence-electron chi connectivity index (χ4n) is 1.80. The highest BCUT2D eigenvalue weighted by Gasteiger charge is 2.14. The summed E-state index contributed by atoms with van der Waals surface area (Å²) < 4.78 is 1.09. The van der Waals surface area contributed by atoms with E-state index in [4.69, 9.17) is 5.11 Å². The lowest BCUT2D eigenvalue weighted by Gasteiger charge is -2.00. The maximum Gasteiger partial charge on any atom is 0.341 e. The molecule has 7 nitrogen and oxygen atoms in total. The van der Waals surface area contributed by atoms with Crippen LogP contribution in [0.3, 0.4) is 0 Å². The van der Waals surface area contributed by atoms with Crippen molar-refractivity contribution in [2.24, 2.45) is 0 Å². The molecule has 3 aromatic rings. The summed E-state index contributed by atoms with van der Waals surface area (Å²) in [4.78, 5) is 31.1. The van der Waals surface area contributed by atoms with E-state index in [2.05, 4.69) is 15.1 Å². The Morgan fingerprint density at radius 3 is 2.95 bits per heavy atom. The zero-order valence-corrected chi connectivity index (χ0v) is 9.57. The number of hydrogen-bond acceptors (Lipinski definition) is 4. The summed E-state index contributed by atoms with van der Waals surface area (Å²) in [6.07, 6.45) is 4.40. The summed E-state index contributed by atoms with van der Waals surface area (Å²) in [5.74, 6) is -1.14. The summed E-state index contributed by atoms with van der Waals surface area (Å²) in [5, 5.41) is 11.6. The molecule has 2 N–H and O–H groups in total. The molecule has 0 aliphatic carbocycles. The van der Waals surface area contributed by atoms with Crippen LogP contribution < -0.4 is 5.56 Å². The van der Waals surface area contributed by atoms with Crippen LogP contribution in [0.1, 0.15) is 10.4 Å². The molecule has 0 saturated heterocycles. The Morgan fingerprint density at radius 2 is 2.26 bits per heavy atom. The van der Waals surface area contributed by atoms with E-state index in [1.165, 1.54) is 12.3 Å². The van der Waals surface area contributed by atoms with Crippen molar-refractivity contribution >= 4 is 11.6 Å². The molecule has 94 valence electrons. The average molecular weight is 256 g/mol. The van der Waals surface area contributed by atoms with Crippen molar-refractivity contribution in [1.29, 1.82) is 0 Å². The highest BCUT2D eigenvalue weighted by molar-refractivity contribution is 5.94. The molecule has 19 heavy (non-hydrogen) atoms. The summed E-state index contributed by atoms with van der Waals surface area (Å²) >= 11 is 0. The van der Waals surface area contributed by atoms with Crippen molar-refractivity contribution in [2.45, 2.75) is 0 Å². The SMILES string of the molecule is O=C(O)c1c[nH]n2c(=O)cc(-c3cccnc3)nc12. The van der Waals surface area contributed by atoms with Gasteiger partial charge in [-0.3, -0.25) is 14.9 Å². The Kier molecular flexibility index (Phi) is 2.38. The maximum absolute atomic E-state index is 11.9. The van der Waals surface area contributed by atoms with Crippen LogP contribution in [0.5, 0.6) is 0 Å². The van der Waals surface area contributed by atoms with Gasteiger partial charge in [0.15, 0.2) is 5.65 Å². The van der Waals surface area contributed by atoms with Gasteiger partial charge in [-0.25, -0.2) is 14.3 Å². The molecular formula is C12H8N4O3. The van der Waals surface area contributed by atoms with Crippen LogP contribution in [0.15, 0.2) is 41.6 Å². The molecule has 0 unspecified atom stereocenters. The minimum absolute atomic E-state index is 0.0529. The lowest BCUT2D eigenvalue weighted by molar-refractivity contribution is 0.0699. The van der Waals surface area contributed by atoms with E-state index in [0.29, 0.717) is 11.3 Å². The number of nitrogens with zero attached hydrogens (tertiary/aromatic N) is 3. The van der Waals surface area contributed by atoms with Crippen LogP contribution in [-0.2, 0) is 0 Å². The fourth-order valence-corrected chi connectivity index (χ4v) is 1.80. The van der Waals surface area contributed by atoms with Crippen molar-refractivity contribution in [1.82, 2.24) is 19.6 Å². The number of rotatable bonds is 2.